The predicted octanol–water partition coefficient (Wildman–Crippen LogP) is 2.30. The van der Waals surface area contributed by atoms with Crippen molar-refractivity contribution in [2.45, 2.75) is 26.2 Å². The Morgan fingerprint density at radius 1 is 1.00 bits per heavy atom. The Morgan fingerprint density at radius 3 is 2.65 bits per heavy atom. The van der Waals surface area contributed by atoms with E-state index in [1.807, 2.05) is 58.7 Å². The second-order valence-corrected chi connectivity index (χ2v) is 8.57. The van der Waals surface area contributed by atoms with Crippen LogP contribution in [0.5, 0.6) is 0 Å². The van der Waals surface area contributed by atoms with Gasteiger partial charge >= 0.3 is 0 Å². The van der Waals surface area contributed by atoms with Crippen molar-refractivity contribution in [3.63, 3.8) is 0 Å². The summed E-state index contributed by atoms with van der Waals surface area (Å²) in [5.41, 5.74) is 1.77. The number of hydrogen-bond donors (Lipinski definition) is 0. The van der Waals surface area contributed by atoms with Crippen LogP contribution in [-0.4, -0.2) is 71.2 Å². The first-order valence-corrected chi connectivity index (χ1v) is 11.6. The highest BCUT2D eigenvalue weighted by molar-refractivity contribution is 5.93. The molecule has 1 aliphatic rings. The molecule has 1 fully saturated rings. The summed E-state index contributed by atoms with van der Waals surface area (Å²) >= 11 is 0. The standard InChI is InChI=1S/C24H25N9O/c1-17-26-23-18-7-2-3-8-19(18)32-21(27-28-24(32)33(23)29-17)10-6-11-22(34)31-15-13-30(14-16-31)20-9-4-5-12-25-20/h2-5,7-9,12H,6,10-11,13-16H2,1H3. The molecule has 10 heteroatoms. The molecule has 0 aliphatic carbocycles. The van der Waals surface area contributed by atoms with Crippen molar-refractivity contribution < 1.29 is 4.79 Å². The van der Waals surface area contributed by atoms with E-state index in [1.54, 1.807) is 10.7 Å². The summed E-state index contributed by atoms with van der Waals surface area (Å²) in [6, 6.07) is 14.0. The number of amides is 1. The van der Waals surface area contributed by atoms with Crippen molar-refractivity contribution in [1.29, 1.82) is 0 Å². The normalized spacial score (nSPS) is 14.5. The number of carbonyl (C=O) groups is 1. The van der Waals surface area contributed by atoms with Crippen LogP contribution in [0.4, 0.5) is 5.82 Å². The van der Waals surface area contributed by atoms with Gasteiger partial charge in [0.25, 0.3) is 5.78 Å². The number of carbonyl (C=O) groups excluding carboxylic acids is 1. The SMILES string of the molecule is Cc1nc2c3ccccc3n3c(CCCC(=O)N4CCN(c5ccccn5)CC4)nnc3n2n1. The third-order valence-corrected chi connectivity index (χ3v) is 6.40. The average Bonchev–Trinajstić information content (AvgIpc) is 3.48. The molecule has 4 aromatic heterocycles. The molecule has 1 aromatic carbocycles. The maximum atomic E-state index is 12.8. The van der Waals surface area contributed by atoms with E-state index in [0.29, 0.717) is 30.9 Å². The minimum atomic E-state index is 0.189. The largest absolute Gasteiger partial charge is 0.353 e. The molecular weight excluding hydrogens is 430 g/mol. The van der Waals surface area contributed by atoms with Crippen LogP contribution in [0, 0.1) is 6.92 Å². The Morgan fingerprint density at radius 2 is 1.82 bits per heavy atom. The number of fused-ring (bicyclic) bond motifs is 6. The fraction of sp³-hybridized carbons (Fsp3) is 0.333. The number of hydrogen-bond acceptors (Lipinski definition) is 7. The monoisotopic (exact) mass is 455 g/mol. The average molecular weight is 456 g/mol. The Bertz CT molecular complexity index is 1480. The van der Waals surface area contributed by atoms with E-state index in [0.717, 1.165) is 54.4 Å². The number of piperazine rings is 1. The molecule has 1 saturated heterocycles. The number of anilines is 1. The summed E-state index contributed by atoms with van der Waals surface area (Å²) in [6.07, 6.45) is 3.66. The van der Waals surface area contributed by atoms with Gasteiger partial charge in [0.05, 0.1) is 5.52 Å². The first kappa shape index (κ1) is 20.5. The van der Waals surface area contributed by atoms with Gasteiger partial charge in [-0.05, 0) is 37.6 Å². The zero-order chi connectivity index (χ0) is 23.1. The molecule has 1 amide bonds. The second-order valence-electron chi connectivity index (χ2n) is 8.57. The van der Waals surface area contributed by atoms with E-state index in [2.05, 4.69) is 30.2 Å². The molecule has 0 spiro atoms. The van der Waals surface area contributed by atoms with Crippen molar-refractivity contribution in [2.75, 3.05) is 31.1 Å². The van der Waals surface area contributed by atoms with Crippen molar-refractivity contribution in [2.24, 2.45) is 0 Å². The van der Waals surface area contributed by atoms with Gasteiger partial charge in [0, 0.05) is 50.6 Å². The fourth-order valence-electron chi connectivity index (χ4n) is 4.72. The third kappa shape index (κ3) is 3.51. The molecule has 1 aliphatic heterocycles. The topological polar surface area (TPSA) is 96.8 Å². The van der Waals surface area contributed by atoms with Crippen LogP contribution >= 0.6 is 0 Å². The lowest BCUT2D eigenvalue weighted by atomic mass is 10.2. The number of benzene rings is 1. The highest BCUT2D eigenvalue weighted by Gasteiger charge is 2.22. The van der Waals surface area contributed by atoms with Crippen LogP contribution in [0.15, 0.2) is 48.7 Å². The number of nitrogens with zero attached hydrogens (tertiary/aromatic N) is 9. The van der Waals surface area contributed by atoms with Crippen LogP contribution in [-0.2, 0) is 11.2 Å². The summed E-state index contributed by atoms with van der Waals surface area (Å²) in [4.78, 5) is 26.0. The highest BCUT2D eigenvalue weighted by atomic mass is 16.2. The van der Waals surface area contributed by atoms with Gasteiger partial charge in [-0.3, -0.25) is 9.20 Å². The number of aromatic nitrogens is 7. The second kappa shape index (κ2) is 8.36. The van der Waals surface area contributed by atoms with E-state index in [9.17, 15) is 4.79 Å². The first-order chi connectivity index (χ1) is 16.7. The van der Waals surface area contributed by atoms with E-state index >= 15 is 0 Å². The first-order valence-electron chi connectivity index (χ1n) is 11.6. The van der Waals surface area contributed by atoms with Gasteiger partial charge in [0.2, 0.25) is 5.91 Å². The summed E-state index contributed by atoms with van der Waals surface area (Å²) in [5, 5.41) is 14.4. The zero-order valence-electron chi connectivity index (χ0n) is 19.0. The molecule has 0 bridgehead atoms. The molecule has 5 aromatic rings. The molecule has 5 heterocycles. The van der Waals surface area contributed by atoms with Gasteiger partial charge in [0.15, 0.2) is 5.65 Å². The van der Waals surface area contributed by atoms with Crippen LogP contribution in [0.1, 0.15) is 24.5 Å². The minimum Gasteiger partial charge on any atom is -0.353 e. The van der Waals surface area contributed by atoms with Crippen molar-refractivity contribution in [3.8, 4) is 0 Å². The lowest BCUT2D eigenvalue weighted by Crippen LogP contribution is -2.49. The van der Waals surface area contributed by atoms with Gasteiger partial charge in [-0.1, -0.05) is 18.2 Å². The summed E-state index contributed by atoms with van der Waals surface area (Å²) < 4.78 is 3.78. The van der Waals surface area contributed by atoms with Crippen LogP contribution < -0.4 is 4.90 Å². The molecule has 172 valence electrons. The Labute approximate surface area is 195 Å². The minimum absolute atomic E-state index is 0.189. The summed E-state index contributed by atoms with van der Waals surface area (Å²) in [5.74, 6) is 3.32. The zero-order valence-corrected chi connectivity index (χ0v) is 19.0. The van der Waals surface area contributed by atoms with Gasteiger partial charge < -0.3 is 9.80 Å². The highest BCUT2D eigenvalue weighted by Crippen LogP contribution is 2.23. The maximum absolute atomic E-state index is 12.8. The Balaban J connectivity index is 1.15. The van der Waals surface area contributed by atoms with Gasteiger partial charge in [-0.2, -0.15) is 4.52 Å². The summed E-state index contributed by atoms with van der Waals surface area (Å²) in [7, 11) is 0. The number of pyridine rings is 1. The van der Waals surface area contributed by atoms with E-state index < -0.39 is 0 Å². The van der Waals surface area contributed by atoms with Crippen molar-refractivity contribution >= 4 is 34.1 Å². The van der Waals surface area contributed by atoms with Gasteiger partial charge in [-0.25, -0.2) is 9.97 Å². The molecular formula is C24H25N9O. The molecule has 6 rings (SSSR count). The van der Waals surface area contributed by atoms with Crippen molar-refractivity contribution in [3.05, 3.63) is 60.3 Å². The molecule has 34 heavy (non-hydrogen) atoms. The molecule has 0 N–H and O–H groups in total. The molecule has 0 saturated carbocycles. The van der Waals surface area contributed by atoms with Gasteiger partial charge in [-0.15, -0.1) is 15.3 Å². The maximum Gasteiger partial charge on any atom is 0.258 e. The molecule has 0 unspecified atom stereocenters. The lowest BCUT2D eigenvalue weighted by Gasteiger charge is -2.35. The number of aryl methyl sites for hydroxylation is 2. The summed E-state index contributed by atoms with van der Waals surface area (Å²) in [6.45, 7) is 4.92. The number of rotatable bonds is 5. The predicted molar refractivity (Wildman–Crippen MR) is 128 cm³/mol. The lowest BCUT2D eigenvalue weighted by molar-refractivity contribution is -0.131. The Hall–Kier alpha value is -4.08. The van der Waals surface area contributed by atoms with Crippen LogP contribution in [0.3, 0.4) is 0 Å². The Kier molecular flexibility index (Phi) is 5.05. The van der Waals surface area contributed by atoms with Crippen molar-refractivity contribution in [1.82, 2.24) is 39.1 Å². The third-order valence-electron chi connectivity index (χ3n) is 6.40. The molecule has 10 nitrogen and oxygen atoms in total. The van der Waals surface area contributed by atoms with Crippen LogP contribution in [0.25, 0.3) is 22.3 Å². The molecule has 0 radical (unpaired) electrons. The van der Waals surface area contributed by atoms with Crippen LogP contribution in [0.2, 0.25) is 0 Å². The molecule has 0 atom stereocenters. The number of para-hydroxylation sites is 1. The van der Waals surface area contributed by atoms with E-state index in [4.69, 9.17) is 0 Å². The smallest absolute Gasteiger partial charge is 0.258 e. The quantitative estimate of drug-likeness (QED) is 0.401. The fourth-order valence-corrected chi connectivity index (χ4v) is 4.72. The van der Waals surface area contributed by atoms with E-state index in [-0.39, 0.29) is 5.91 Å². The van der Waals surface area contributed by atoms with Gasteiger partial charge in [0.1, 0.15) is 17.5 Å². The van der Waals surface area contributed by atoms with E-state index in [1.165, 1.54) is 0 Å².